The molecule has 1 N–H and O–H groups in total. The van der Waals surface area contributed by atoms with Crippen LogP contribution in [-0.4, -0.2) is 25.8 Å². The first kappa shape index (κ1) is 11.1. The summed E-state index contributed by atoms with van der Waals surface area (Å²) in [6, 6.07) is 5.01. The first-order valence-corrected chi connectivity index (χ1v) is 6.66. The maximum Gasteiger partial charge on any atom is 0.0480 e. The van der Waals surface area contributed by atoms with E-state index in [1.54, 1.807) is 0 Å². The lowest BCUT2D eigenvalue weighted by Crippen LogP contribution is -2.30. The van der Waals surface area contributed by atoms with Gasteiger partial charge in [-0.1, -0.05) is 6.07 Å². The van der Waals surface area contributed by atoms with Crippen molar-refractivity contribution in [2.45, 2.75) is 31.7 Å². The monoisotopic (exact) mass is 225 g/mol. The number of nitrogens with one attached hydrogen (secondary N) is 1. The normalized spacial score (nSPS) is 22.5. The second-order valence-electron chi connectivity index (χ2n) is 4.02. The minimum absolute atomic E-state index is 0.674. The summed E-state index contributed by atoms with van der Waals surface area (Å²) in [7, 11) is 0. The van der Waals surface area contributed by atoms with Crippen molar-refractivity contribution < 1.29 is 4.74 Å². The van der Waals surface area contributed by atoms with E-state index in [0.29, 0.717) is 6.04 Å². The molecule has 1 fully saturated rings. The Hall–Kier alpha value is -0.380. The molecule has 15 heavy (non-hydrogen) atoms. The molecule has 84 valence electrons. The zero-order chi connectivity index (χ0) is 10.3. The molecule has 0 radical (unpaired) electrons. The van der Waals surface area contributed by atoms with E-state index < -0.39 is 0 Å². The molecule has 1 aliphatic heterocycles. The molecule has 0 saturated carbocycles. The topological polar surface area (TPSA) is 21.3 Å². The van der Waals surface area contributed by atoms with Crippen molar-refractivity contribution >= 4 is 11.3 Å². The highest BCUT2D eigenvalue weighted by atomic mass is 32.1. The van der Waals surface area contributed by atoms with E-state index in [1.165, 1.54) is 24.1 Å². The van der Waals surface area contributed by atoms with E-state index in [4.69, 9.17) is 4.74 Å². The zero-order valence-electron chi connectivity index (χ0n) is 9.08. The fourth-order valence-electron chi connectivity index (χ4n) is 1.96. The summed E-state index contributed by atoms with van der Waals surface area (Å²) < 4.78 is 5.44. The van der Waals surface area contributed by atoms with Gasteiger partial charge in [-0.2, -0.15) is 0 Å². The van der Waals surface area contributed by atoms with E-state index >= 15 is 0 Å². The summed E-state index contributed by atoms with van der Waals surface area (Å²) in [6.07, 6.45) is 4.81. The van der Waals surface area contributed by atoms with Crippen LogP contribution in [0, 0.1) is 0 Å². The molecule has 0 spiro atoms. The van der Waals surface area contributed by atoms with Crippen LogP contribution in [0.15, 0.2) is 17.5 Å². The molecule has 3 heteroatoms. The molecule has 2 heterocycles. The SMILES string of the molecule is c1csc(CCNC2CCCOCC2)c1. The van der Waals surface area contributed by atoms with Crippen LogP contribution in [0.1, 0.15) is 24.1 Å². The average molecular weight is 225 g/mol. The van der Waals surface area contributed by atoms with Crippen LogP contribution in [0.4, 0.5) is 0 Å². The molecule has 0 aliphatic carbocycles. The third-order valence-electron chi connectivity index (χ3n) is 2.84. The number of ether oxygens (including phenoxy) is 1. The summed E-state index contributed by atoms with van der Waals surface area (Å²) in [5, 5.41) is 5.77. The van der Waals surface area contributed by atoms with Crippen LogP contribution in [0.2, 0.25) is 0 Å². The largest absolute Gasteiger partial charge is 0.381 e. The number of hydrogen-bond acceptors (Lipinski definition) is 3. The van der Waals surface area contributed by atoms with E-state index in [1.807, 2.05) is 11.3 Å². The molecular formula is C12H19NOS. The molecule has 1 aliphatic rings. The van der Waals surface area contributed by atoms with Crippen molar-refractivity contribution in [1.29, 1.82) is 0 Å². The molecule has 1 atom stereocenters. The molecule has 0 amide bonds. The predicted molar refractivity (Wildman–Crippen MR) is 64.5 cm³/mol. The highest BCUT2D eigenvalue weighted by molar-refractivity contribution is 7.09. The smallest absolute Gasteiger partial charge is 0.0480 e. The van der Waals surface area contributed by atoms with Gasteiger partial charge in [0.25, 0.3) is 0 Å². The molecular weight excluding hydrogens is 206 g/mol. The van der Waals surface area contributed by atoms with Crippen LogP contribution in [0.5, 0.6) is 0 Å². The Morgan fingerprint density at radius 1 is 1.40 bits per heavy atom. The molecule has 2 nitrogen and oxygen atoms in total. The first-order chi connectivity index (χ1) is 7.45. The zero-order valence-corrected chi connectivity index (χ0v) is 9.89. The van der Waals surface area contributed by atoms with Crippen LogP contribution >= 0.6 is 11.3 Å². The quantitative estimate of drug-likeness (QED) is 0.850. The minimum atomic E-state index is 0.674. The summed E-state index contributed by atoms with van der Waals surface area (Å²) >= 11 is 1.85. The van der Waals surface area contributed by atoms with Gasteiger partial charge < -0.3 is 10.1 Å². The van der Waals surface area contributed by atoms with Gasteiger partial charge in [0, 0.05) is 30.7 Å². The average Bonchev–Trinajstić information content (AvgIpc) is 2.62. The van der Waals surface area contributed by atoms with Gasteiger partial charge in [-0.25, -0.2) is 0 Å². The fourth-order valence-corrected chi connectivity index (χ4v) is 2.67. The van der Waals surface area contributed by atoms with Gasteiger partial charge in [0.15, 0.2) is 0 Å². The van der Waals surface area contributed by atoms with E-state index in [9.17, 15) is 0 Å². The molecule has 2 rings (SSSR count). The third-order valence-corrected chi connectivity index (χ3v) is 3.77. The molecule has 1 aromatic heterocycles. The Balaban J connectivity index is 1.64. The van der Waals surface area contributed by atoms with Crippen molar-refractivity contribution in [2.24, 2.45) is 0 Å². The number of hydrogen-bond donors (Lipinski definition) is 1. The van der Waals surface area contributed by atoms with Gasteiger partial charge in [-0.15, -0.1) is 11.3 Å². The van der Waals surface area contributed by atoms with Crippen molar-refractivity contribution in [3.8, 4) is 0 Å². The standard InChI is InChI=1S/C12H19NOS/c1-3-11(6-9-14-8-1)13-7-5-12-4-2-10-15-12/h2,4,10-11,13H,1,3,5-9H2. The van der Waals surface area contributed by atoms with E-state index in [2.05, 4.69) is 22.8 Å². The van der Waals surface area contributed by atoms with Crippen molar-refractivity contribution in [1.82, 2.24) is 5.32 Å². The van der Waals surface area contributed by atoms with E-state index in [-0.39, 0.29) is 0 Å². The van der Waals surface area contributed by atoms with Crippen LogP contribution in [0.25, 0.3) is 0 Å². The number of thiophene rings is 1. The van der Waals surface area contributed by atoms with Crippen molar-refractivity contribution in [2.75, 3.05) is 19.8 Å². The highest BCUT2D eigenvalue weighted by Gasteiger charge is 2.10. The molecule has 1 unspecified atom stereocenters. The van der Waals surface area contributed by atoms with Gasteiger partial charge in [0.05, 0.1) is 0 Å². The third kappa shape index (κ3) is 3.93. The summed E-state index contributed by atoms with van der Waals surface area (Å²) in [5.41, 5.74) is 0. The van der Waals surface area contributed by atoms with Crippen LogP contribution < -0.4 is 5.32 Å². The predicted octanol–water partition coefficient (Wildman–Crippen LogP) is 2.45. The summed E-state index contributed by atoms with van der Waals surface area (Å²) in [6.45, 7) is 2.98. The number of rotatable bonds is 4. The van der Waals surface area contributed by atoms with Crippen molar-refractivity contribution in [3.05, 3.63) is 22.4 Å². The summed E-state index contributed by atoms with van der Waals surface area (Å²) in [5.74, 6) is 0. The highest BCUT2D eigenvalue weighted by Crippen LogP contribution is 2.10. The first-order valence-electron chi connectivity index (χ1n) is 5.78. The maximum atomic E-state index is 5.44. The van der Waals surface area contributed by atoms with Crippen LogP contribution in [-0.2, 0) is 11.2 Å². The lowest BCUT2D eigenvalue weighted by Gasteiger charge is -2.14. The molecule has 1 aromatic rings. The maximum absolute atomic E-state index is 5.44. The van der Waals surface area contributed by atoms with Gasteiger partial charge >= 0.3 is 0 Å². The minimum Gasteiger partial charge on any atom is -0.381 e. The summed E-state index contributed by atoms with van der Waals surface area (Å²) in [4.78, 5) is 1.48. The second-order valence-corrected chi connectivity index (χ2v) is 5.06. The molecule has 0 bridgehead atoms. The Bertz CT molecular complexity index is 253. The van der Waals surface area contributed by atoms with Gasteiger partial charge in [-0.05, 0) is 37.1 Å². The Morgan fingerprint density at radius 3 is 3.27 bits per heavy atom. The van der Waals surface area contributed by atoms with Crippen molar-refractivity contribution in [3.63, 3.8) is 0 Å². The molecule has 0 aromatic carbocycles. The van der Waals surface area contributed by atoms with Gasteiger partial charge in [-0.3, -0.25) is 0 Å². The lowest BCUT2D eigenvalue weighted by molar-refractivity contribution is 0.142. The van der Waals surface area contributed by atoms with Gasteiger partial charge in [0.1, 0.15) is 0 Å². The van der Waals surface area contributed by atoms with Gasteiger partial charge in [0.2, 0.25) is 0 Å². The Morgan fingerprint density at radius 2 is 2.40 bits per heavy atom. The molecule has 1 saturated heterocycles. The fraction of sp³-hybridized carbons (Fsp3) is 0.667. The Kier molecular flexibility index (Phi) is 4.64. The second kappa shape index (κ2) is 6.26. The Labute approximate surface area is 95.6 Å². The lowest BCUT2D eigenvalue weighted by atomic mass is 10.1. The van der Waals surface area contributed by atoms with E-state index in [0.717, 1.165) is 26.2 Å². The van der Waals surface area contributed by atoms with Crippen LogP contribution in [0.3, 0.4) is 0 Å².